The standard InChI is InChI=1S/C17H20FN/c1-11-5-7-14(13(3)9-11)17(19-4)15-8-6-12(2)10-16(15)18/h5-10,17,19H,1-4H3. The zero-order valence-electron chi connectivity index (χ0n) is 11.9. The minimum Gasteiger partial charge on any atom is -0.309 e. The summed E-state index contributed by atoms with van der Waals surface area (Å²) >= 11 is 0. The van der Waals surface area contributed by atoms with Gasteiger partial charge in [0.2, 0.25) is 0 Å². The molecule has 0 aliphatic carbocycles. The molecule has 0 radical (unpaired) electrons. The molecule has 2 aromatic rings. The maximum Gasteiger partial charge on any atom is 0.128 e. The Kier molecular flexibility index (Phi) is 4.01. The Balaban J connectivity index is 2.50. The van der Waals surface area contributed by atoms with Crippen LogP contribution in [0.15, 0.2) is 36.4 Å². The Morgan fingerprint density at radius 2 is 1.47 bits per heavy atom. The van der Waals surface area contributed by atoms with Crippen LogP contribution in [0.3, 0.4) is 0 Å². The van der Waals surface area contributed by atoms with Crippen LogP contribution in [-0.2, 0) is 0 Å². The summed E-state index contributed by atoms with van der Waals surface area (Å²) in [6.07, 6.45) is 0. The van der Waals surface area contributed by atoms with Crippen LogP contribution in [0.2, 0.25) is 0 Å². The third-order valence-electron chi connectivity index (χ3n) is 3.49. The van der Waals surface area contributed by atoms with Crippen molar-refractivity contribution >= 4 is 0 Å². The molecular formula is C17H20FN. The average Bonchev–Trinajstić information content (AvgIpc) is 2.34. The van der Waals surface area contributed by atoms with Crippen LogP contribution in [0.5, 0.6) is 0 Å². The molecule has 0 fully saturated rings. The van der Waals surface area contributed by atoms with E-state index in [1.807, 2.05) is 26.1 Å². The van der Waals surface area contributed by atoms with Crippen LogP contribution in [0, 0.1) is 26.6 Å². The molecule has 0 saturated heterocycles. The topological polar surface area (TPSA) is 12.0 Å². The van der Waals surface area contributed by atoms with Gasteiger partial charge < -0.3 is 5.32 Å². The Labute approximate surface area is 114 Å². The molecule has 1 nitrogen and oxygen atoms in total. The van der Waals surface area contributed by atoms with E-state index in [2.05, 4.69) is 37.4 Å². The Morgan fingerprint density at radius 3 is 2.00 bits per heavy atom. The second kappa shape index (κ2) is 5.54. The van der Waals surface area contributed by atoms with Crippen molar-refractivity contribution in [1.82, 2.24) is 5.32 Å². The van der Waals surface area contributed by atoms with Gasteiger partial charge in [0, 0.05) is 5.56 Å². The number of rotatable bonds is 3. The molecule has 100 valence electrons. The summed E-state index contributed by atoms with van der Waals surface area (Å²) in [5, 5.41) is 3.22. The molecule has 0 aliphatic heterocycles. The third-order valence-corrected chi connectivity index (χ3v) is 3.49. The second-order valence-corrected chi connectivity index (χ2v) is 5.11. The SMILES string of the molecule is CNC(c1ccc(C)cc1C)c1ccc(C)cc1F. The van der Waals surface area contributed by atoms with Crippen LogP contribution in [0.4, 0.5) is 4.39 Å². The molecule has 2 aromatic carbocycles. The number of aryl methyl sites for hydroxylation is 3. The minimum atomic E-state index is -0.153. The second-order valence-electron chi connectivity index (χ2n) is 5.11. The van der Waals surface area contributed by atoms with Gasteiger partial charge in [-0.3, -0.25) is 0 Å². The lowest BCUT2D eigenvalue weighted by Gasteiger charge is -2.20. The van der Waals surface area contributed by atoms with Crippen molar-refractivity contribution in [3.8, 4) is 0 Å². The molecule has 0 heterocycles. The summed E-state index contributed by atoms with van der Waals surface area (Å²) in [4.78, 5) is 0. The zero-order chi connectivity index (χ0) is 14.0. The fraction of sp³-hybridized carbons (Fsp3) is 0.294. The summed E-state index contributed by atoms with van der Waals surface area (Å²) in [7, 11) is 1.86. The first-order valence-electron chi connectivity index (χ1n) is 6.53. The first-order chi connectivity index (χ1) is 9.02. The third kappa shape index (κ3) is 2.85. The first kappa shape index (κ1) is 13.8. The molecule has 19 heavy (non-hydrogen) atoms. The van der Waals surface area contributed by atoms with Crippen molar-refractivity contribution in [1.29, 1.82) is 0 Å². The van der Waals surface area contributed by atoms with Gasteiger partial charge in [0.1, 0.15) is 5.82 Å². The maximum absolute atomic E-state index is 14.1. The van der Waals surface area contributed by atoms with E-state index >= 15 is 0 Å². The van der Waals surface area contributed by atoms with Gasteiger partial charge in [-0.05, 0) is 50.6 Å². The largest absolute Gasteiger partial charge is 0.309 e. The highest BCUT2D eigenvalue weighted by molar-refractivity contribution is 5.40. The quantitative estimate of drug-likeness (QED) is 0.874. The highest BCUT2D eigenvalue weighted by atomic mass is 19.1. The lowest BCUT2D eigenvalue weighted by molar-refractivity contribution is 0.574. The van der Waals surface area contributed by atoms with Crippen LogP contribution in [0.1, 0.15) is 33.9 Å². The van der Waals surface area contributed by atoms with E-state index in [0.29, 0.717) is 5.56 Å². The molecule has 0 amide bonds. The molecular weight excluding hydrogens is 237 g/mol. The maximum atomic E-state index is 14.1. The van der Waals surface area contributed by atoms with E-state index in [4.69, 9.17) is 0 Å². The Bertz CT molecular complexity index is 538. The molecule has 0 aromatic heterocycles. The molecule has 2 heteroatoms. The molecule has 2 rings (SSSR count). The van der Waals surface area contributed by atoms with Crippen LogP contribution >= 0.6 is 0 Å². The van der Waals surface area contributed by atoms with Crippen LogP contribution in [0.25, 0.3) is 0 Å². The van der Waals surface area contributed by atoms with Gasteiger partial charge in [-0.25, -0.2) is 4.39 Å². The number of benzene rings is 2. The lowest BCUT2D eigenvalue weighted by Crippen LogP contribution is -2.20. The smallest absolute Gasteiger partial charge is 0.128 e. The molecule has 1 unspecified atom stereocenters. The number of nitrogens with one attached hydrogen (secondary N) is 1. The molecule has 0 saturated carbocycles. The molecule has 0 spiro atoms. The van der Waals surface area contributed by atoms with E-state index < -0.39 is 0 Å². The molecule has 0 bridgehead atoms. The molecule has 0 aliphatic rings. The Morgan fingerprint density at radius 1 is 0.895 bits per heavy atom. The van der Waals surface area contributed by atoms with E-state index in [-0.39, 0.29) is 11.9 Å². The summed E-state index contributed by atoms with van der Waals surface area (Å²) in [5.41, 5.74) is 5.16. The van der Waals surface area contributed by atoms with Gasteiger partial charge in [-0.2, -0.15) is 0 Å². The fourth-order valence-corrected chi connectivity index (χ4v) is 2.49. The lowest BCUT2D eigenvalue weighted by atomic mass is 9.93. The number of hydrogen-bond donors (Lipinski definition) is 1. The minimum absolute atomic E-state index is 0.110. The molecule has 1 atom stereocenters. The van der Waals surface area contributed by atoms with Crippen LogP contribution < -0.4 is 5.32 Å². The average molecular weight is 257 g/mol. The summed E-state index contributed by atoms with van der Waals surface area (Å²) in [6.45, 7) is 6.04. The number of hydrogen-bond acceptors (Lipinski definition) is 1. The predicted octanol–water partition coefficient (Wildman–Crippen LogP) is 4.06. The van der Waals surface area contributed by atoms with Gasteiger partial charge in [-0.1, -0.05) is 35.9 Å². The van der Waals surface area contributed by atoms with Crippen LogP contribution in [-0.4, -0.2) is 7.05 Å². The van der Waals surface area contributed by atoms with Gasteiger partial charge in [0.05, 0.1) is 6.04 Å². The summed E-state index contributed by atoms with van der Waals surface area (Å²) < 4.78 is 14.1. The van der Waals surface area contributed by atoms with Crippen molar-refractivity contribution in [2.24, 2.45) is 0 Å². The number of halogens is 1. The van der Waals surface area contributed by atoms with E-state index in [1.165, 1.54) is 11.1 Å². The zero-order valence-corrected chi connectivity index (χ0v) is 11.9. The van der Waals surface area contributed by atoms with E-state index in [0.717, 1.165) is 11.1 Å². The van der Waals surface area contributed by atoms with Gasteiger partial charge >= 0.3 is 0 Å². The fourth-order valence-electron chi connectivity index (χ4n) is 2.49. The van der Waals surface area contributed by atoms with Crippen molar-refractivity contribution in [2.75, 3.05) is 7.05 Å². The first-order valence-corrected chi connectivity index (χ1v) is 6.53. The monoisotopic (exact) mass is 257 g/mol. The van der Waals surface area contributed by atoms with Gasteiger partial charge in [-0.15, -0.1) is 0 Å². The van der Waals surface area contributed by atoms with Gasteiger partial charge in [0.25, 0.3) is 0 Å². The van der Waals surface area contributed by atoms with Crippen molar-refractivity contribution < 1.29 is 4.39 Å². The highest BCUT2D eigenvalue weighted by Crippen LogP contribution is 2.27. The normalized spacial score (nSPS) is 12.5. The summed E-state index contributed by atoms with van der Waals surface area (Å²) in [6, 6.07) is 11.6. The van der Waals surface area contributed by atoms with E-state index in [9.17, 15) is 4.39 Å². The predicted molar refractivity (Wildman–Crippen MR) is 78.0 cm³/mol. The van der Waals surface area contributed by atoms with Gasteiger partial charge in [0.15, 0.2) is 0 Å². The molecule has 1 N–H and O–H groups in total. The Hall–Kier alpha value is -1.67. The van der Waals surface area contributed by atoms with Crippen molar-refractivity contribution in [3.63, 3.8) is 0 Å². The summed E-state index contributed by atoms with van der Waals surface area (Å²) in [5.74, 6) is -0.153. The highest BCUT2D eigenvalue weighted by Gasteiger charge is 2.17. The van der Waals surface area contributed by atoms with Crippen molar-refractivity contribution in [3.05, 3.63) is 70.0 Å². The van der Waals surface area contributed by atoms with Crippen molar-refractivity contribution in [2.45, 2.75) is 26.8 Å². The van der Waals surface area contributed by atoms with E-state index in [1.54, 1.807) is 6.07 Å².